The van der Waals surface area contributed by atoms with Gasteiger partial charge in [-0.15, -0.1) is 11.3 Å². The molecule has 1 aromatic carbocycles. The number of amides is 2. The minimum atomic E-state index is -0.0236. The number of methoxy groups -OCH3 is 2. The maximum absolute atomic E-state index is 12.7. The van der Waals surface area contributed by atoms with Crippen LogP contribution < -0.4 is 14.4 Å². The Bertz CT molecular complexity index is 873. The fourth-order valence-electron chi connectivity index (χ4n) is 3.08. The highest BCUT2D eigenvalue weighted by molar-refractivity contribution is 7.16. The quantitative estimate of drug-likeness (QED) is 0.804. The zero-order chi connectivity index (χ0) is 19.6. The van der Waals surface area contributed by atoms with Crippen LogP contribution >= 0.6 is 11.3 Å². The molecule has 0 unspecified atom stereocenters. The van der Waals surface area contributed by atoms with Gasteiger partial charge in [0.25, 0.3) is 0 Å². The van der Waals surface area contributed by atoms with E-state index in [0.29, 0.717) is 24.6 Å². The Kier molecular flexibility index (Phi) is 5.70. The Morgan fingerprint density at radius 2 is 1.96 bits per heavy atom. The van der Waals surface area contributed by atoms with E-state index in [9.17, 15) is 4.79 Å². The number of fused-ring (bicyclic) bond motifs is 1. The molecule has 27 heavy (non-hydrogen) atoms. The number of rotatable bonds is 4. The van der Waals surface area contributed by atoms with Crippen molar-refractivity contribution in [2.75, 3.05) is 46.3 Å². The predicted octanol–water partition coefficient (Wildman–Crippen LogP) is 3.67. The van der Waals surface area contributed by atoms with E-state index in [4.69, 9.17) is 14.5 Å². The maximum atomic E-state index is 12.7. The number of thiophene rings is 1. The molecule has 0 bridgehead atoms. The lowest BCUT2D eigenvalue weighted by Gasteiger charge is -2.24. The summed E-state index contributed by atoms with van der Waals surface area (Å²) in [5.41, 5.74) is 2.83. The van der Waals surface area contributed by atoms with Crippen LogP contribution in [0.2, 0.25) is 0 Å². The largest absolute Gasteiger partial charge is 0.493 e. The van der Waals surface area contributed by atoms with Gasteiger partial charge in [-0.25, -0.2) is 4.79 Å². The summed E-state index contributed by atoms with van der Waals surface area (Å²) in [5, 5.41) is 0.955. The summed E-state index contributed by atoms with van der Waals surface area (Å²) in [4.78, 5) is 22.2. The first kappa shape index (κ1) is 19.2. The molecule has 0 radical (unpaired) electrons. The van der Waals surface area contributed by atoms with Crippen LogP contribution in [0.1, 0.15) is 22.9 Å². The Hall–Kier alpha value is -2.54. The van der Waals surface area contributed by atoms with Crippen LogP contribution in [-0.4, -0.2) is 58.0 Å². The van der Waals surface area contributed by atoms with Crippen LogP contribution in [0.25, 0.3) is 0 Å². The molecule has 0 saturated carbocycles. The number of hydrogen-bond donors (Lipinski definition) is 0. The predicted molar refractivity (Wildman–Crippen MR) is 110 cm³/mol. The number of benzene rings is 1. The molecule has 6 nitrogen and oxygen atoms in total. The Morgan fingerprint density at radius 3 is 2.59 bits per heavy atom. The number of nitrogens with zero attached hydrogens (tertiary/aromatic N) is 3. The van der Waals surface area contributed by atoms with Crippen molar-refractivity contribution in [3.8, 4) is 11.5 Å². The number of carbonyl (C=O) groups excluding carboxylic acids is 1. The van der Waals surface area contributed by atoms with Crippen molar-refractivity contribution < 1.29 is 14.3 Å². The third-order valence-electron chi connectivity index (χ3n) is 4.48. The molecule has 3 rings (SSSR count). The maximum Gasteiger partial charge on any atom is 0.324 e. The van der Waals surface area contributed by atoms with E-state index in [1.54, 1.807) is 44.6 Å². The molecule has 0 atom stereocenters. The van der Waals surface area contributed by atoms with Crippen LogP contribution in [0, 0.1) is 0 Å². The van der Waals surface area contributed by atoms with Crippen molar-refractivity contribution in [3.63, 3.8) is 0 Å². The monoisotopic (exact) mass is 387 g/mol. The molecule has 2 heterocycles. The van der Waals surface area contributed by atoms with Crippen LogP contribution in [0.3, 0.4) is 0 Å². The van der Waals surface area contributed by atoms with Gasteiger partial charge in [-0.1, -0.05) is 6.92 Å². The highest BCUT2D eigenvalue weighted by atomic mass is 32.1. The van der Waals surface area contributed by atoms with Crippen LogP contribution in [-0.2, 0) is 6.42 Å². The van der Waals surface area contributed by atoms with Gasteiger partial charge in [0.15, 0.2) is 11.5 Å². The number of carbonyl (C=O) groups is 1. The first-order chi connectivity index (χ1) is 13.0. The highest BCUT2D eigenvalue weighted by Gasteiger charge is 2.28. The molecule has 1 aromatic heterocycles. The van der Waals surface area contributed by atoms with E-state index in [1.165, 1.54) is 4.88 Å². The second-order valence-electron chi connectivity index (χ2n) is 6.41. The summed E-state index contributed by atoms with van der Waals surface area (Å²) in [7, 11) is 6.80. The lowest BCUT2D eigenvalue weighted by Crippen LogP contribution is -2.40. The number of ether oxygens (including phenoxy) is 2. The molecule has 1 aliphatic rings. The van der Waals surface area contributed by atoms with E-state index in [-0.39, 0.29) is 6.03 Å². The van der Waals surface area contributed by atoms with Crippen molar-refractivity contribution in [2.24, 2.45) is 4.99 Å². The molecule has 0 saturated heterocycles. The van der Waals surface area contributed by atoms with Gasteiger partial charge in [0, 0.05) is 36.6 Å². The van der Waals surface area contributed by atoms with Crippen molar-refractivity contribution in [1.82, 2.24) is 4.90 Å². The average Bonchev–Trinajstić information content (AvgIpc) is 3.03. The molecule has 0 fully saturated rings. The summed E-state index contributed by atoms with van der Waals surface area (Å²) in [6.07, 6.45) is 0.918. The first-order valence-electron chi connectivity index (χ1n) is 8.88. The molecular formula is C20H25N3O3S. The molecule has 2 aromatic rings. The lowest BCUT2D eigenvalue weighted by molar-refractivity contribution is 0.224. The summed E-state index contributed by atoms with van der Waals surface area (Å²) in [5.74, 6) is 1.34. The Labute approximate surface area is 164 Å². The summed E-state index contributed by atoms with van der Waals surface area (Å²) >= 11 is 1.66. The summed E-state index contributed by atoms with van der Waals surface area (Å²) < 4.78 is 10.8. The van der Waals surface area contributed by atoms with E-state index < -0.39 is 0 Å². The van der Waals surface area contributed by atoms with Crippen LogP contribution in [0.5, 0.6) is 11.5 Å². The minimum Gasteiger partial charge on any atom is -0.493 e. The Balaban J connectivity index is 2.11. The normalized spacial score (nSPS) is 13.5. The van der Waals surface area contributed by atoms with Gasteiger partial charge in [-0.3, -0.25) is 9.89 Å². The number of hydrogen-bond acceptors (Lipinski definition) is 5. The van der Waals surface area contributed by atoms with E-state index in [1.807, 2.05) is 23.1 Å². The molecule has 0 spiro atoms. The fourth-order valence-corrected chi connectivity index (χ4v) is 4.19. The van der Waals surface area contributed by atoms with Gasteiger partial charge < -0.3 is 14.4 Å². The lowest BCUT2D eigenvalue weighted by atomic mass is 10.0. The number of anilines is 1. The van der Waals surface area contributed by atoms with Crippen molar-refractivity contribution >= 4 is 28.1 Å². The van der Waals surface area contributed by atoms with Gasteiger partial charge in [0.1, 0.15) is 5.00 Å². The Morgan fingerprint density at radius 1 is 1.22 bits per heavy atom. The molecule has 2 amide bonds. The smallest absolute Gasteiger partial charge is 0.324 e. The SMILES string of the molecule is CCc1cc2c(s1)N(C(=O)N(C)C)CCN=C2c1ccc(OC)c(OC)c1. The summed E-state index contributed by atoms with van der Waals surface area (Å²) in [6.45, 7) is 3.23. The fraction of sp³-hybridized carbons (Fsp3) is 0.400. The molecule has 0 aliphatic carbocycles. The second-order valence-corrected chi connectivity index (χ2v) is 7.53. The second kappa shape index (κ2) is 8.00. The van der Waals surface area contributed by atoms with E-state index in [2.05, 4.69) is 13.0 Å². The molecular weight excluding hydrogens is 362 g/mol. The molecule has 1 aliphatic heterocycles. The topological polar surface area (TPSA) is 54.4 Å². The molecule has 7 heteroatoms. The zero-order valence-electron chi connectivity index (χ0n) is 16.4. The van der Waals surface area contributed by atoms with Crippen molar-refractivity contribution in [2.45, 2.75) is 13.3 Å². The van der Waals surface area contributed by atoms with Crippen LogP contribution in [0.4, 0.5) is 9.80 Å². The minimum absolute atomic E-state index is 0.0236. The third-order valence-corrected chi connectivity index (χ3v) is 5.78. The van der Waals surface area contributed by atoms with Gasteiger partial charge in [0.2, 0.25) is 0 Å². The standard InChI is InChI=1S/C20H25N3O3S/c1-6-14-12-15-18(13-7-8-16(25-4)17(11-13)26-5)21-9-10-23(19(15)27-14)20(24)22(2)3/h7-8,11-12H,6,9-10H2,1-5H3. The van der Waals surface area contributed by atoms with Gasteiger partial charge in [-0.2, -0.15) is 0 Å². The molecule has 0 N–H and O–H groups in total. The van der Waals surface area contributed by atoms with Gasteiger partial charge >= 0.3 is 6.03 Å². The van der Waals surface area contributed by atoms with Gasteiger partial charge in [-0.05, 0) is 30.7 Å². The molecule has 144 valence electrons. The van der Waals surface area contributed by atoms with Crippen molar-refractivity contribution in [1.29, 1.82) is 0 Å². The van der Waals surface area contributed by atoms with Crippen molar-refractivity contribution in [3.05, 3.63) is 40.3 Å². The average molecular weight is 388 g/mol. The zero-order valence-corrected chi connectivity index (χ0v) is 17.2. The number of aliphatic imine (C=N–C) groups is 1. The number of urea groups is 1. The van der Waals surface area contributed by atoms with Crippen LogP contribution in [0.15, 0.2) is 29.3 Å². The third kappa shape index (κ3) is 3.64. The summed E-state index contributed by atoms with van der Waals surface area (Å²) in [6, 6.07) is 7.93. The number of aryl methyl sites for hydroxylation is 1. The first-order valence-corrected chi connectivity index (χ1v) is 9.70. The highest BCUT2D eigenvalue weighted by Crippen LogP contribution is 2.37. The van der Waals surface area contributed by atoms with E-state index >= 15 is 0 Å². The van der Waals surface area contributed by atoms with Gasteiger partial charge in [0.05, 0.1) is 26.5 Å². The van der Waals surface area contributed by atoms with E-state index in [0.717, 1.165) is 28.3 Å².